The number of anilines is 2. The van der Waals surface area contributed by atoms with Crippen molar-refractivity contribution in [3.63, 3.8) is 0 Å². The van der Waals surface area contributed by atoms with Crippen LogP contribution < -0.4 is 5.32 Å². The molecule has 1 N–H and O–H groups in total. The predicted octanol–water partition coefficient (Wildman–Crippen LogP) is 4.85. The van der Waals surface area contributed by atoms with E-state index in [9.17, 15) is 4.79 Å². The fourth-order valence-corrected chi connectivity index (χ4v) is 3.60. The summed E-state index contributed by atoms with van der Waals surface area (Å²) in [6, 6.07) is 5.68. The van der Waals surface area contributed by atoms with Gasteiger partial charge in [-0.1, -0.05) is 29.0 Å². The summed E-state index contributed by atoms with van der Waals surface area (Å²) < 4.78 is 6.37. The molecule has 1 aromatic carbocycles. The van der Waals surface area contributed by atoms with Crippen molar-refractivity contribution in [2.24, 2.45) is 0 Å². The van der Waals surface area contributed by atoms with Crippen molar-refractivity contribution in [1.82, 2.24) is 4.98 Å². The van der Waals surface area contributed by atoms with E-state index in [-0.39, 0.29) is 10.0 Å². The molecule has 0 unspecified atom stereocenters. The lowest BCUT2D eigenvalue weighted by atomic mass is 10.3. The van der Waals surface area contributed by atoms with Gasteiger partial charge >= 0.3 is 5.97 Å². The Morgan fingerprint density at radius 3 is 2.63 bits per heavy atom. The first-order valence-electron chi connectivity index (χ1n) is 4.98. The highest BCUT2D eigenvalue weighted by atomic mass is 79.9. The van der Waals surface area contributed by atoms with E-state index in [1.807, 2.05) is 18.2 Å². The second kappa shape index (κ2) is 6.21. The van der Waals surface area contributed by atoms with Crippen LogP contribution in [-0.4, -0.2) is 18.1 Å². The maximum absolute atomic E-state index is 11.5. The first-order valence-corrected chi connectivity index (χ1v) is 7.76. The number of thiazole rings is 1. The number of carbonyl (C=O) groups is 1. The Hall–Kier alpha value is -0.630. The average molecular weight is 427 g/mol. The topological polar surface area (TPSA) is 51.2 Å². The van der Waals surface area contributed by atoms with Crippen molar-refractivity contribution < 1.29 is 9.53 Å². The monoisotopic (exact) mass is 424 g/mol. The number of para-hydroxylation sites is 1. The fourth-order valence-electron chi connectivity index (χ4n) is 1.30. The second-order valence-corrected chi connectivity index (χ2v) is 6.42. The number of methoxy groups -OCH3 is 1. The maximum Gasteiger partial charge on any atom is 0.351 e. The quantitative estimate of drug-likeness (QED) is 0.713. The van der Waals surface area contributed by atoms with Crippen molar-refractivity contribution in [2.45, 2.75) is 0 Å². The summed E-state index contributed by atoms with van der Waals surface area (Å²) >= 11 is 13.9. The molecule has 2 aromatic rings. The number of halogens is 3. The van der Waals surface area contributed by atoms with Crippen LogP contribution in [0.15, 0.2) is 27.1 Å². The van der Waals surface area contributed by atoms with E-state index in [2.05, 4.69) is 46.9 Å². The Labute approximate surface area is 135 Å². The minimum atomic E-state index is -0.498. The molecule has 2 rings (SSSR count). The van der Waals surface area contributed by atoms with E-state index < -0.39 is 5.97 Å². The van der Waals surface area contributed by atoms with E-state index in [4.69, 9.17) is 11.6 Å². The molecule has 1 aromatic heterocycles. The van der Waals surface area contributed by atoms with Gasteiger partial charge in [-0.05, 0) is 44.0 Å². The van der Waals surface area contributed by atoms with Gasteiger partial charge in [-0.25, -0.2) is 9.78 Å². The molecule has 0 bridgehead atoms. The number of carbonyl (C=O) groups excluding carboxylic acids is 1. The molecule has 8 heteroatoms. The SMILES string of the molecule is COC(=O)c1sc(Nc2c(Br)cccc2Br)nc1Cl. The highest BCUT2D eigenvalue weighted by Crippen LogP contribution is 2.36. The molecule has 0 atom stereocenters. The first-order chi connectivity index (χ1) is 9.02. The molecule has 100 valence electrons. The molecule has 0 saturated carbocycles. The van der Waals surface area contributed by atoms with Gasteiger partial charge in [-0.3, -0.25) is 0 Å². The van der Waals surface area contributed by atoms with E-state index in [1.165, 1.54) is 7.11 Å². The first kappa shape index (κ1) is 14.8. The molecular formula is C11H7Br2ClN2O2S. The van der Waals surface area contributed by atoms with E-state index in [0.717, 1.165) is 26.0 Å². The third kappa shape index (κ3) is 3.28. The molecule has 0 spiro atoms. The molecule has 1 heterocycles. The molecule has 19 heavy (non-hydrogen) atoms. The zero-order valence-corrected chi connectivity index (χ0v) is 14.3. The number of benzene rings is 1. The van der Waals surface area contributed by atoms with Crippen LogP contribution in [0.4, 0.5) is 10.8 Å². The smallest absolute Gasteiger partial charge is 0.351 e. The lowest BCUT2D eigenvalue weighted by Gasteiger charge is -2.07. The number of ether oxygens (including phenoxy) is 1. The Balaban J connectivity index is 2.32. The molecule has 0 radical (unpaired) electrons. The Morgan fingerprint density at radius 2 is 2.05 bits per heavy atom. The fraction of sp³-hybridized carbons (Fsp3) is 0.0909. The molecule has 0 aliphatic carbocycles. The van der Waals surface area contributed by atoms with Gasteiger partial charge in [0.1, 0.15) is 0 Å². The van der Waals surface area contributed by atoms with Gasteiger partial charge in [0.05, 0.1) is 12.8 Å². The van der Waals surface area contributed by atoms with Gasteiger partial charge in [0, 0.05) is 8.95 Å². The summed E-state index contributed by atoms with van der Waals surface area (Å²) in [6.45, 7) is 0. The minimum Gasteiger partial charge on any atom is -0.465 e. The van der Waals surface area contributed by atoms with Crippen LogP contribution in [0, 0.1) is 0 Å². The molecule has 0 aliphatic rings. The molecular weight excluding hydrogens is 419 g/mol. The second-order valence-electron chi connectivity index (χ2n) is 3.35. The van der Waals surface area contributed by atoms with Crippen molar-refractivity contribution >= 4 is 71.6 Å². The summed E-state index contributed by atoms with van der Waals surface area (Å²) in [5.74, 6) is -0.498. The van der Waals surface area contributed by atoms with E-state index in [0.29, 0.717) is 5.13 Å². The van der Waals surface area contributed by atoms with Gasteiger partial charge in [0.25, 0.3) is 0 Å². The summed E-state index contributed by atoms with van der Waals surface area (Å²) in [5.41, 5.74) is 0.810. The third-order valence-electron chi connectivity index (χ3n) is 2.15. The van der Waals surface area contributed by atoms with Gasteiger partial charge in [-0.2, -0.15) is 0 Å². The zero-order chi connectivity index (χ0) is 14.0. The van der Waals surface area contributed by atoms with Crippen LogP contribution in [0.3, 0.4) is 0 Å². The van der Waals surface area contributed by atoms with Gasteiger partial charge in [-0.15, -0.1) is 0 Å². The van der Waals surface area contributed by atoms with Crippen LogP contribution in [0.1, 0.15) is 9.67 Å². The maximum atomic E-state index is 11.5. The van der Waals surface area contributed by atoms with Gasteiger partial charge in [0.2, 0.25) is 0 Å². The van der Waals surface area contributed by atoms with Crippen molar-refractivity contribution in [1.29, 1.82) is 0 Å². The van der Waals surface area contributed by atoms with Crippen LogP contribution in [0.25, 0.3) is 0 Å². The van der Waals surface area contributed by atoms with E-state index in [1.54, 1.807) is 0 Å². The lowest BCUT2D eigenvalue weighted by Crippen LogP contribution is -1.98. The standard InChI is InChI=1S/C11H7Br2ClN2O2S/c1-18-10(17)8-9(14)16-11(19-8)15-7-5(12)3-2-4-6(7)13/h2-4H,1H3,(H,15,16). The Morgan fingerprint density at radius 1 is 1.42 bits per heavy atom. The zero-order valence-electron chi connectivity index (χ0n) is 9.54. The highest BCUT2D eigenvalue weighted by molar-refractivity contribution is 9.11. The summed E-state index contributed by atoms with van der Waals surface area (Å²) in [4.78, 5) is 15.8. The largest absolute Gasteiger partial charge is 0.465 e. The van der Waals surface area contributed by atoms with Crippen molar-refractivity contribution in [2.75, 3.05) is 12.4 Å². The molecule has 0 aliphatic heterocycles. The number of nitrogens with one attached hydrogen (secondary N) is 1. The van der Waals surface area contributed by atoms with Crippen LogP contribution in [-0.2, 0) is 4.74 Å². The van der Waals surface area contributed by atoms with Crippen molar-refractivity contribution in [3.05, 3.63) is 37.2 Å². The van der Waals surface area contributed by atoms with Crippen LogP contribution >= 0.6 is 54.8 Å². The van der Waals surface area contributed by atoms with Gasteiger partial charge < -0.3 is 10.1 Å². The number of aromatic nitrogens is 1. The predicted molar refractivity (Wildman–Crippen MR) is 83.6 cm³/mol. The number of rotatable bonds is 3. The Bertz CT molecular complexity index is 613. The molecule has 0 saturated heterocycles. The van der Waals surface area contributed by atoms with Crippen molar-refractivity contribution in [3.8, 4) is 0 Å². The molecule has 0 amide bonds. The average Bonchev–Trinajstić information content (AvgIpc) is 2.74. The normalized spacial score (nSPS) is 10.3. The minimum absolute atomic E-state index is 0.127. The number of nitrogens with zero attached hydrogens (tertiary/aromatic N) is 1. The van der Waals surface area contributed by atoms with Crippen LogP contribution in [0.5, 0.6) is 0 Å². The summed E-state index contributed by atoms with van der Waals surface area (Å²) in [7, 11) is 1.30. The number of esters is 1. The molecule has 4 nitrogen and oxygen atoms in total. The van der Waals surface area contributed by atoms with E-state index >= 15 is 0 Å². The summed E-state index contributed by atoms with van der Waals surface area (Å²) in [5, 5.41) is 3.74. The van der Waals surface area contributed by atoms with Crippen LogP contribution in [0.2, 0.25) is 5.15 Å². The highest BCUT2D eigenvalue weighted by Gasteiger charge is 2.18. The lowest BCUT2D eigenvalue weighted by molar-refractivity contribution is 0.0606. The Kier molecular flexibility index (Phi) is 4.83. The molecule has 0 fully saturated rings. The van der Waals surface area contributed by atoms with Gasteiger partial charge in [0.15, 0.2) is 15.2 Å². The summed E-state index contributed by atoms with van der Waals surface area (Å²) in [6.07, 6.45) is 0. The number of hydrogen-bond donors (Lipinski definition) is 1. The third-order valence-corrected chi connectivity index (χ3v) is 4.81. The number of hydrogen-bond acceptors (Lipinski definition) is 5.